The first-order valence-corrected chi connectivity index (χ1v) is 7.42. The number of amides is 2. The summed E-state index contributed by atoms with van der Waals surface area (Å²) in [6.07, 6.45) is 2.17. The molecule has 1 saturated heterocycles. The van der Waals surface area contributed by atoms with Gasteiger partial charge in [0.05, 0.1) is 23.7 Å². The summed E-state index contributed by atoms with van der Waals surface area (Å²) in [6.45, 7) is 2.74. The Bertz CT molecular complexity index is 475. The summed E-state index contributed by atoms with van der Waals surface area (Å²) in [5, 5.41) is 5.69. The van der Waals surface area contributed by atoms with Crippen molar-refractivity contribution in [1.82, 2.24) is 5.32 Å². The minimum Gasteiger partial charge on any atom is -0.496 e. The first kappa shape index (κ1) is 15.1. The van der Waals surface area contributed by atoms with Gasteiger partial charge in [0.25, 0.3) is 0 Å². The standard InChI is InChI=1S/C14H19BrN2O3/c1-9(12-4-3-7-20-12)16-14(18)17-10-5-6-13(19-2)11(15)8-10/h5-6,8-9,12H,3-4,7H2,1-2H3,(H2,16,17,18)/t9-,12+/m1/s1. The van der Waals surface area contributed by atoms with Gasteiger partial charge in [-0.3, -0.25) is 0 Å². The largest absolute Gasteiger partial charge is 0.496 e. The molecule has 110 valence electrons. The van der Waals surface area contributed by atoms with E-state index in [1.165, 1.54) is 0 Å². The zero-order valence-corrected chi connectivity index (χ0v) is 13.2. The van der Waals surface area contributed by atoms with Crippen molar-refractivity contribution in [1.29, 1.82) is 0 Å². The van der Waals surface area contributed by atoms with Crippen molar-refractivity contribution >= 4 is 27.6 Å². The summed E-state index contributed by atoms with van der Waals surface area (Å²) in [5.74, 6) is 0.726. The Morgan fingerprint density at radius 3 is 2.95 bits per heavy atom. The molecule has 1 aromatic carbocycles. The van der Waals surface area contributed by atoms with Crippen molar-refractivity contribution in [3.8, 4) is 5.75 Å². The predicted molar refractivity (Wildman–Crippen MR) is 81.3 cm³/mol. The molecule has 1 aliphatic heterocycles. The van der Waals surface area contributed by atoms with Crippen LogP contribution in [0.4, 0.5) is 10.5 Å². The van der Waals surface area contributed by atoms with Crippen LogP contribution in [0.15, 0.2) is 22.7 Å². The van der Waals surface area contributed by atoms with Gasteiger partial charge in [-0.2, -0.15) is 0 Å². The van der Waals surface area contributed by atoms with Crippen molar-refractivity contribution in [3.05, 3.63) is 22.7 Å². The minimum atomic E-state index is -0.231. The molecule has 0 radical (unpaired) electrons. The van der Waals surface area contributed by atoms with Gasteiger partial charge in [0, 0.05) is 12.3 Å². The van der Waals surface area contributed by atoms with E-state index in [0.29, 0.717) is 5.69 Å². The second kappa shape index (κ2) is 6.95. The Labute approximate surface area is 127 Å². The Balaban J connectivity index is 1.89. The number of ether oxygens (including phenoxy) is 2. The van der Waals surface area contributed by atoms with E-state index in [4.69, 9.17) is 9.47 Å². The van der Waals surface area contributed by atoms with E-state index < -0.39 is 0 Å². The molecule has 5 nitrogen and oxygen atoms in total. The van der Waals surface area contributed by atoms with Gasteiger partial charge in [0.1, 0.15) is 5.75 Å². The molecule has 0 aliphatic carbocycles. The maximum Gasteiger partial charge on any atom is 0.319 e. The number of methoxy groups -OCH3 is 1. The normalized spacial score (nSPS) is 19.4. The number of halogens is 1. The molecule has 0 saturated carbocycles. The van der Waals surface area contributed by atoms with Gasteiger partial charge in [0.15, 0.2) is 0 Å². The molecule has 20 heavy (non-hydrogen) atoms. The Morgan fingerprint density at radius 1 is 1.55 bits per heavy atom. The summed E-state index contributed by atoms with van der Waals surface area (Å²) in [7, 11) is 1.60. The van der Waals surface area contributed by atoms with Gasteiger partial charge in [-0.25, -0.2) is 4.79 Å². The summed E-state index contributed by atoms with van der Waals surface area (Å²) in [5.41, 5.74) is 0.703. The zero-order chi connectivity index (χ0) is 14.5. The van der Waals surface area contributed by atoms with Crippen molar-refractivity contribution in [2.75, 3.05) is 19.0 Å². The van der Waals surface area contributed by atoms with Gasteiger partial charge in [-0.1, -0.05) is 0 Å². The second-order valence-electron chi connectivity index (χ2n) is 4.79. The minimum absolute atomic E-state index is 0.000751. The highest BCUT2D eigenvalue weighted by Crippen LogP contribution is 2.27. The van der Waals surface area contributed by atoms with Crippen molar-refractivity contribution in [2.24, 2.45) is 0 Å². The first-order chi connectivity index (χ1) is 9.60. The molecule has 2 amide bonds. The lowest BCUT2D eigenvalue weighted by atomic mass is 10.1. The number of hydrogen-bond acceptors (Lipinski definition) is 3. The highest BCUT2D eigenvalue weighted by atomic mass is 79.9. The van der Waals surface area contributed by atoms with Crippen LogP contribution in [0.1, 0.15) is 19.8 Å². The highest BCUT2D eigenvalue weighted by Gasteiger charge is 2.23. The molecular formula is C14H19BrN2O3. The average Bonchev–Trinajstić information content (AvgIpc) is 2.92. The molecule has 2 atom stereocenters. The number of nitrogens with one attached hydrogen (secondary N) is 2. The van der Waals surface area contributed by atoms with Gasteiger partial charge in [-0.15, -0.1) is 0 Å². The lowest BCUT2D eigenvalue weighted by molar-refractivity contribution is 0.0868. The van der Waals surface area contributed by atoms with E-state index in [-0.39, 0.29) is 18.2 Å². The number of hydrogen-bond donors (Lipinski definition) is 2. The smallest absolute Gasteiger partial charge is 0.319 e. The molecule has 1 heterocycles. The lowest BCUT2D eigenvalue weighted by Crippen LogP contribution is -2.42. The fourth-order valence-electron chi connectivity index (χ4n) is 2.21. The van der Waals surface area contributed by atoms with Crippen LogP contribution in [-0.4, -0.2) is 31.9 Å². The summed E-state index contributed by atoms with van der Waals surface area (Å²) >= 11 is 3.39. The van der Waals surface area contributed by atoms with Crippen molar-refractivity contribution in [2.45, 2.75) is 31.9 Å². The van der Waals surface area contributed by atoms with Gasteiger partial charge >= 0.3 is 6.03 Å². The SMILES string of the molecule is COc1ccc(NC(=O)N[C@H](C)[C@@H]2CCCO2)cc1Br. The lowest BCUT2D eigenvalue weighted by Gasteiger charge is -2.20. The molecule has 0 bridgehead atoms. The molecule has 2 N–H and O–H groups in total. The molecule has 0 spiro atoms. The second-order valence-corrected chi connectivity index (χ2v) is 5.64. The number of rotatable bonds is 4. The molecule has 1 aromatic rings. The Hall–Kier alpha value is -1.27. The maximum atomic E-state index is 11.9. The molecule has 1 aliphatic rings. The fourth-order valence-corrected chi connectivity index (χ4v) is 2.75. The Morgan fingerprint density at radius 2 is 2.35 bits per heavy atom. The van der Waals surface area contributed by atoms with E-state index >= 15 is 0 Å². The van der Waals surface area contributed by atoms with Crippen LogP contribution in [0.25, 0.3) is 0 Å². The molecule has 1 fully saturated rings. The van der Waals surface area contributed by atoms with Crippen LogP contribution < -0.4 is 15.4 Å². The van der Waals surface area contributed by atoms with E-state index in [0.717, 1.165) is 29.7 Å². The highest BCUT2D eigenvalue weighted by molar-refractivity contribution is 9.10. The van der Waals surface area contributed by atoms with Crippen LogP contribution in [0.2, 0.25) is 0 Å². The maximum absolute atomic E-state index is 11.9. The zero-order valence-electron chi connectivity index (χ0n) is 11.6. The van der Waals surface area contributed by atoms with Gasteiger partial charge in [0.2, 0.25) is 0 Å². The number of urea groups is 1. The summed E-state index contributed by atoms with van der Waals surface area (Å²) in [4.78, 5) is 11.9. The van der Waals surface area contributed by atoms with Crippen molar-refractivity contribution in [3.63, 3.8) is 0 Å². The van der Waals surface area contributed by atoms with Gasteiger partial charge < -0.3 is 20.1 Å². The number of carbonyl (C=O) groups is 1. The number of benzene rings is 1. The molecular weight excluding hydrogens is 324 g/mol. The number of anilines is 1. The molecule has 6 heteroatoms. The van der Waals surface area contributed by atoms with E-state index in [2.05, 4.69) is 26.6 Å². The quantitative estimate of drug-likeness (QED) is 0.883. The topological polar surface area (TPSA) is 59.6 Å². The van der Waals surface area contributed by atoms with Crippen LogP contribution >= 0.6 is 15.9 Å². The van der Waals surface area contributed by atoms with Crippen LogP contribution in [0.3, 0.4) is 0 Å². The Kier molecular flexibility index (Phi) is 5.25. The third kappa shape index (κ3) is 3.86. The van der Waals surface area contributed by atoms with E-state index in [1.54, 1.807) is 25.3 Å². The van der Waals surface area contributed by atoms with Gasteiger partial charge in [-0.05, 0) is 53.9 Å². The van der Waals surface area contributed by atoms with E-state index in [9.17, 15) is 4.79 Å². The predicted octanol–water partition coefficient (Wildman–Crippen LogP) is 3.15. The summed E-state index contributed by atoms with van der Waals surface area (Å²) < 4.78 is 11.5. The van der Waals surface area contributed by atoms with Crippen LogP contribution in [0, 0.1) is 0 Å². The summed E-state index contributed by atoms with van der Waals surface area (Å²) in [6, 6.07) is 5.15. The monoisotopic (exact) mass is 342 g/mol. The molecule has 2 rings (SSSR count). The van der Waals surface area contributed by atoms with Crippen LogP contribution in [-0.2, 0) is 4.74 Å². The van der Waals surface area contributed by atoms with Crippen molar-refractivity contribution < 1.29 is 14.3 Å². The third-order valence-corrected chi connectivity index (χ3v) is 3.91. The average molecular weight is 343 g/mol. The van der Waals surface area contributed by atoms with E-state index in [1.807, 2.05) is 6.92 Å². The molecule has 0 unspecified atom stereocenters. The van der Waals surface area contributed by atoms with Crippen LogP contribution in [0.5, 0.6) is 5.75 Å². The first-order valence-electron chi connectivity index (χ1n) is 6.63. The third-order valence-electron chi connectivity index (χ3n) is 3.29. The fraction of sp³-hybridized carbons (Fsp3) is 0.500. The molecule has 0 aromatic heterocycles. The number of carbonyl (C=O) groups excluding carboxylic acids is 1.